The first kappa shape index (κ1) is 22.0. The van der Waals surface area contributed by atoms with Crippen molar-refractivity contribution in [3.63, 3.8) is 0 Å². The van der Waals surface area contributed by atoms with Gasteiger partial charge < -0.3 is 10.5 Å². The molecule has 0 saturated heterocycles. The van der Waals surface area contributed by atoms with Gasteiger partial charge in [0.2, 0.25) is 0 Å². The maximum atomic E-state index is 13.6. The van der Waals surface area contributed by atoms with Crippen molar-refractivity contribution in [1.82, 2.24) is 20.3 Å². The maximum Gasteiger partial charge on any atom is 0.433 e. The molecule has 3 aromatic heterocycles. The molecule has 0 aliphatic carbocycles. The molecule has 4 heterocycles. The normalized spacial score (nSPS) is 19.6. The third-order valence-electron chi connectivity index (χ3n) is 5.95. The molecule has 1 aromatic carbocycles. The lowest BCUT2D eigenvalue weighted by molar-refractivity contribution is -0.141. The van der Waals surface area contributed by atoms with Crippen LogP contribution in [-0.4, -0.2) is 22.1 Å². The summed E-state index contributed by atoms with van der Waals surface area (Å²) in [5.74, 6) is 0.643. The highest BCUT2D eigenvalue weighted by Crippen LogP contribution is 2.46. The molecule has 0 bridgehead atoms. The number of fused-ring (bicyclic) bond motifs is 1. The SMILES string of the molecule is COc1ccnc(-c2cccc(C3(c4ccnc(C(F)(F)F)c4)NC(N)c4ncccc43)c2)c1. The van der Waals surface area contributed by atoms with Crippen molar-refractivity contribution in [2.75, 3.05) is 7.11 Å². The lowest BCUT2D eigenvalue weighted by atomic mass is 9.78. The van der Waals surface area contributed by atoms with Crippen LogP contribution in [0.5, 0.6) is 5.75 Å². The molecule has 2 atom stereocenters. The van der Waals surface area contributed by atoms with Crippen LogP contribution in [-0.2, 0) is 11.7 Å². The number of alkyl halides is 3. The second kappa shape index (κ2) is 8.19. The van der Waals surface area contributed by atoms with Crippen molar-refractivity contribution >= 4 is 0 Å². The summed E-state index contributed by atoms with van der Waals surface area (Å²) in [5.41, 5.74) is 7.93. The molecule has 5 rings (SSSR count). The molecule has 0 saturated carbocycles. The molecule has 9 heteroatoms. The Kier molecular flexibility index (Phi) is 5.30. The average molecular weight is 463 g/mol. The predicted molar refractivity (Wildman–Crippen MR) is 120 cm³/mol. The fraction of sp³-hybridized carbons (Fsp3) is 0.160. The number of aromatic nitrogens is 3. The van der Waals surface area contributed by atoms with Crippen molar-refractivity contribution in [2.24, 2.45) is 5.73 Å². The van der Waals surface area contributed by atoms with E-state index in [1.165, 1.54) is 0 Å². The van der Waals surface area contributed by atoms with Crippen LogP contribution in [0.25, 0.3) is 11.3 Å². The van der Waals surface area contributed by atoms with Gasteiger partial charge in [0, 0.05) is 35.8 Å². The first-order chi connectivity index (χ1) is 16.3. The predicted octanol–water partition coefficient (Wildman–Crippen LogP) is 4.42. The van der Waals surface area contributed by atoms with E-state index in [-0.39, 0.29) is 0 Å². The van der Waals surface area contributed by atoms with Crippen LogP contribution in [0.2, 0.25) is 0 Å². The molecule has 4 aromatic rings. The maximum absolute atomic E-state index is 13.6. The summed E-state index contributed by atoms with van der Waals surface area (Å²) in [6, 6.07) is 17.2. The second-order valence-electron chi connectivity index (χ2n) is 7.90. The lowest BCUT2D eigenvalue weighted by Crippen LogP contribution is -2.42. The number of nitrogens with zero attached hydrogens (tertiary/aromatic N) is 3. The Hall–Kier alpha value is -3.82. The van der Waals surface area contributed by atoms with E-state index in [2.05, 4.69) is 20.3 Å². The smallest absolute Gasteiger partial charge is 0.433 e. The van der Waals surface area contributed by atoms with Crippen molar-refractivity contribution in [2.45, 2.75) is 17.9 Å². The Morgan fingerprint density at radius 2 is 1.71 bits per heavy atom. The summed E-state index contributed by atoms with van der Waals surface area (Å²) in [5, 5.41) is 3.32. The highest BCUT2D eigenvalue weighted by Gasteiger charge is 2.47. The molecule has 6 nitrogen and oxygen atoms in total. The monoisotopic (exact) mass is 463 g/mol. The number of nitrogens with two attached hydrogens (primary N) is 1. The molecule has 2 unspecified atom stereocenters. The number of hydrogen-bond donors (Lipinski definition) is 2. The Morgan fingerprint density at radius 3 is 2.50 bits per heavy atom. The number of ether oxygens (including phenoxy) is 1. The van der Waals surface area contributed by atoms with E-state index < -0.39 is 23.6 Å². The van der Waals surface area contributed by atoms with Crippen molar-refractivity contribution in [3.8, 4) is 17.0 Å². The number of pyridine rings is 3. The molecule has 1 aliphatic rings. The van der Waals surface area contributed by atoms with Gasteiger partial charge in [0.1, 0.15) is 17.6 Å². The van der Waals surface area contributed by atoms with Crippen LogP contribution >= 0.6 is 0 Å². The van der Waals surface area contributed by atoms with Crippen LogP contribution in [0.3, 0.4) is 0 Å². The van der Waals surface area contributed by atoms with Crippen LogP contribution in [0.15, 0.2) is 79.3 Å². The molecular weight excluding hydrogens is 443 g/mol. The third-order valence-corrected chi connectivity index (χ3v) is 5.95. The van der Waals surface area contributed by atoms with Gasteiger partial charge >= 0.3 is 6.18 Å². The van der Waals surface area contributed by atoms with E-state index in [0.717, 1.165) is 17.8 Å². The van der Waals surface area contributed by atoms with Crippen molar-refractivity contribution in [1.29, 1.82) is 0 Å². The lowest BCUT2D eigenvalue weighted by Gasteiger charge is -2.33. The quantitative estimate of drug-likeness (QED) is 0.466. The van der Waals surface area contributed by atoms with Gasteiger partial charge in [-0.2, -0.15) is 13.2 Å². The van der Waals surface area contributed by atoms with Gasteiger partial charge in [-0.25, -0.2) is 0 Å². The minimum Gasteiger partial charge on any atom is -0.497 e. The molecular formula is C25H20F3N5O. The first-order valence-corrected chi connectivity index (χ1v) is 10.5. The zero-order valence-electron chi connectivity index (χ0n) is 18.0. The largest absolute Gasteiger partial charge is 0.497 e. The first-order valence-electron chi connectivity index (χ1n) is 10.5. The summed E-state index contributed by atoms with van der Waals surface area (Å²) >= 11 is 0. The fourth-order valence-corrected chi connectivity index (χ4v) is 4.43. The van der Waals surface area contributed by atoms with E-state index >= 15 is 0 Å². The fourth-order valence-electron chi connectivity index (χ4n) is 4.43. The molecule has 1 aliphatic heterocycles. The summed E-state index contributed by atoms with van der Waals surface area (Å²) in [7, 11) is 1.57. The number of benzene rings is 1. The Morgan fingerprint density at radius 1 is 0.912 bits per heavy atom. The molecule has 3 N–H and O–H groups in total. The van der Waals surface area contributed by atoms with E-state index in [1.807, 2.05) is 30.3 Å². The van der Waals surface area contributed by atoms with E-state index in [0.29, 0.717) is 33.8 Å². The highest BCUT2D eigenvalue weighted by atomic mass is 19.4. The van der Waals surface area contributed by atoms with Crippen LogP contribution < -0.4 is 15.8 Å². The van der Waals surface area contributed by atoms with Gasteiger partial charge in [0.15, 0.2) is 0 Å². The molecule has 172 valence electrons. The minimum absolute atomic E-state index is 0.354. The number of hydrogen-bond acceptors (Lipinski definition) is 6. The van der Waals surface area contributed by atoms with Gasteiger partial charge in [-0.05, 0) is 41.5 Å². The van der Waals surface area contributed by atoms with E-state index in [9.17, 15) is 13.2 Å². The zero-order chi connectivity index (χ0) is 23.9. The van der Waals surface area contributed by atoms with Crippen LogP contribution in [0, 0.1) is 0 Å². The number of nitrogens with one attached hydrogen (secondary N) is 1. The molecule has 0 spiro atoms. The number of rotatable bonds is 4. The highest BCUT2D eigenvalue weighted by molar-refractivity contribution is 5.65. The van der Waals surface area contributed by atoms with Crippen LogP contribution in [0.1, 0.15) is 34.2 Å². The molecule has 0 fully saturated rings. The Labute approximate surface area is 193 Å². The Bertz CT molecular complexity index is 1360. The topological polar surface area (TPSA) is 86.0 Å². The van der Waals surface area contributed by atoms with Crippen LogP contribution in [0.4, 0.5) is 13.2 Å². The number of halogens is 3. The van der Waals surface area contributed by atoms with Crippen molar-refractivity contribution in [3.05, 3.63) is 107 Å². The van der Waals surface area contributed by atoms with Gasteiger partial charge in [0.05, 0.1) is 24.0 Å². The van der Waals surface area contributed by atoms with E-state index in [1.54, 1.807) is 43.8 Å². The molecule has 34 heavy (non-hydrogen) atoms. The zero-order valence-corrected chi connectivity index (χ0v) is 18.0. The number of methoxy groups -OCH3 is 1. The Balaban J connectivity index is 1.75. The van der Waals surface area contributed by atoms with Gasteiger partial charge in [-0.15, -0.1) is 0 Å². The van der Waals surface area contributed by atoms with E-state index in [4.69, 9.17) is 10.5 Å². The molecule has 0 radical (unpaired) electrons. The summed E-state index contributed by atoms with van der Waals surface area (Å²) < 4.78 is 46.0. The third kappa shape index (κ3) is 3.59. The van der Waals surface area contributed by atoms with Gasteiger partial charge in [-0.1, -0.05) is 24.3 Å². The summed E-state index contributed by atoms with van der Waals surface area (Å²) in [6.45, 7) is 0. The minimum atomic E-state index is -4.60. The van der Waals surface area contributed by atoms with Gasteiger partial charge in [-0.3, -0.25) is 20.3 Å². The summed E-state index contributed by atoms with van der Waals surface area (Å²) in [4.78, 5) is 12.4. The second-order valence-corrected chi connectivity index (χ2v) is 7.90. The standard InChI is InChI=1S/C25H20F3N5O/c1-34-18-8-11-30-20(14-18)15-4-2-5-16(12-15)24(17-7-10-31-21(13-17)25(26,27)28)19-6-3-9-32-22(19)23(29)33-24/h2-14,23,33H,29H2,1H3. The summed E-state index contributed by atoms with van der Waals surface area (Å²) in [6.07, 6.45) is -0.868. The van der Waals surface area contributed by atoms with Gasteiger partial charge in [0.25, 0.3) is 0 Å². The van der Waals surface area contributed by atoms with Crippen molar-refractivity contribution < 1.29 is 17.9 Å². The average Bonchev–Trinajstić information content (AvgIpc) is 3.17. The molecule has 0 amide bonds.